The van der Waals surface area contributed by atoms with Gasteiger partial charge in [0.2, 0.25) is 29.5 Å². The summed E-state index contributed by atoms with van der Waals surface area (Å²) in [7, 11) is 0. The number of rotatable bonds is 17. The van der Waals surface area contributed by atoms with E-state index in [9.17, 15) is 29.1 Å². The second-order valence-corrected chi connectivity index (χ2v) is 14.1. The molecule has 11 N–H and O–H groups in total. The molecule has 0 aliphatic heterocycles. The summed E-state index contributed by atoms with van der Waals surface area (Å²) in [6.07, 6.45) is 3.93. The number of amides is 5. The molecule has 2 heterocycles. The second-order valence-electron chi connectivity index (χ2n) is 14.1. The van der Waals surface area contributed by atoms with Crippen LogP contribution < -0.4 is 32.7 Å². The number of hydrogen-bond donors (Lipinski definition) is 9. The molecule has 0 aliphatic rings. The van der Waals surface area contributed by atoms with Crippen molar-refractivity contribution in [3.05, 3.63) is 138 Å². The van der Waals surface area contributed by atoms with Crippen molar-refractivity contribution in [1.82, 2.24) is 31.2 Å². The molecule has 0 aliphatic carbocycles. The van der Waals surface area contributed by atoms with Crippen molar-refractivity contribution < 1.29 is 29.1 Å². The molecule has 0 radical (unpaired) electrons. The Balaban J connectivity index is 1.19. The Hall–Kier alpha value is -6.93. The van der Waals surface area contributed by atoms with Crippen molar-refractivity contribution in [2.75, 3.05) is 0 Å². The molecule has 14 heteroatoms. The maximum atomic E-state index is 14.0. The van der Waals surface area contributed by atoms with Crippen LogP contribution in [0.4, 0.5) is 0 Å². The van der Waals surface area contributed by atoms with Crippen LogP contribution in [0.2, 0.25) is 0 Å². The van der Waals surface area contributed by atoms with E-state index in [1.807, 2.05) is 78.9 Å². The summed E-state index contributed by atoms with van der Waals surface area (Å²) in [5, 5.41) is 22.3. The van der Waals surface area contributed by atoms with Gasteiger partial charge in [0, 0.05) is 53.5 Å². The van der Waals surface area contributed by atoms with Gasteiger partial charge in [-0.15, -0.1) is 0 Å². The summed E-state index contributed by atoms with van der Waals surface area (Å²) in [6.45, 7) is 1.47. The third-order valence-electron chi connectivity index (χ3n) is 9.89. The van der Waals surface area contributed by atoms with E-state index in [-0.39, 0.29) is 31.4 Å². The van der Waals surface area contributed by atoms with Gasteiger partial charge in [-0.1, -0.05) is 78.9 Å². The number of fused-ring (bicyclic) bond motifs is 2. The number of nitrogens with two attached hydrogens (primary N) is 2. The molecule has 5 amide bonds. The molecule has 5 atom stereocenters. The molecule has 14 nitrogen and oxygen atoms in total. The summed E-state index contributed by atoms with van der Waals surface area (Å²) < 4.78 is 0. The first kappa shape index (κ1) is 39.8. The number of aromatic amines is 2. The van der Waals surface area contributed by atoms with E-state index < -0.39 is 59.7 Å². The van der Waals surface area contributed by atoms with Crippen LogP contribution in [0.5, 0.6) is 5.75 Å². The van der Waals surface area contributed by atoms with Gasteiger partial charge < -0.3 is 47.8 Å². The number of nitrogens with one attached hydrogen (secondary N) is 6. The van der Waals surface area contributed by atoms with Crippen LogP contribution in [0.25, 0.3) is 21.8 Å². The number of aromatic nitrogens is 2. The molecule has 4 aromatic carbocycles. The van der Waals surface area contributed by atoms with Crippen molar-refractivity contribution in [2.24, 2.45) is 11.5 Å². The first-order chi connectivity index (χ1) is 27.4. The molecule has 6 aromatic rings. The van der Waals surface area contributed by atoms with E-state index in [0.717, 1.165) is 38.5 Å². The average Bonchev–Trinajstić information content (AvgIpc) is 3.82. The zero-order valence-electron chi connectivity index (χ0n) is 31.3. The molecular weight excluding hydrogens is 725 g/mol. The summed E-state index contributed by atoms with van der Waals surface area (Å²) in [4.78, 5) is 74.0. The van der Waals surface area contributed by atoms with Crippen LogP contribution in [0, 0.1) is 0 Å². The van der Waals surface area contributed by atoms with Gasteiger partial charge >= 0.3 is 0 Å². The predicted molar refractivity (Wildman–Crippen MR) is 217 cm³/mol. The largest absolute Gasteiger partial charge is 0.508 e. The molecule has 0 spiro atoms. The zero-order chi connectivity index (χ0) is 40.5. The molecule has 0 unspecified atom stereocenters. The fourth-order valence-corrected chi connectivity index (χ4v) is 6.74. The van der Waals surface area contributed by atoms with Gasteiger partial charge in [-0.05, 0) is 59.9 Å². The van der Waals surface area contributed by atoms with E-state index in [2.05, 4.69) is 31.2 Å². The lowest BCUT2D eigenvalue weighted by Crippen LogP contribution is -2.59. The Morgan fingerprint density at radius 3 is 1.60 bits per heavy atom. The maximum Gasteiger partial charge on any atom is 0.243 e. The van der Waals surface area contributed by atoms with E-state index in [1.165, 1.54) is 19.1 Å². The van der Waals surface area contributed by atoms with Crippen molar-refractivity contribution in [3.63, 3.8) is 0 Å². The first-order valence-electron chi connectivity index (χ1n) is 18.6. The van der Waals surface area contributed by atoms with Crippen molar-refractivity contribution >= 4 is 51.3 Å². The average molecular weight is 771 g/mol. The number of benzene rings is 4. The smallest absolute Gasteiger partial charge is 0.243 e. The summed E-state index contributed by atoms with van der Waals surface area (Å²) >= 11 is 0. The van der Waals surface area contributed by atoms with Gasteiger partial charge in [-0.2, -0.15) is 0 Å². The minimum atomic E-state index is -1.17. The molecule has 2 aromatic heterocycles. The van der Waals surface area contributed by atoms with Crippen molar-refractivity contribution in [1.29, 1.82) is 0 Å². The monoisotopic (exact) mass is 770 g/mol. The Labute approximate surface area is 328 Å². The van der Waals surface area contributed by atoms with Gasteiger partial charge in [-0.3, -0.25) is 24.0 Å². The number of aromatic hydroxyl groups is 1. The van der Waals surface area contributed by atoms with Gasteiger partial charge in [0.1, 0.15) is 29.9 Å². The molecule has 0 bridgehead atoms. The lowest BCUT2D eigenvalue weighted by atomic mass is 10.0. The Kier molecular flexibility index (Phi) is 12.6. The second kappa shape index (κ2) is 18.1. The number of H-pyrrole nitrogens is 2. The number of primary amides is 1. The lowest BCUT2D eigenvalue weighted by molar-refractivity contribution is -0.134. The minimum Gasteiger partial charge on any atom is -0.508 e. The third kappa shape index (κ3) is 10.2. The van der Waals surface area contributed by atoms with Gasteiger partial charge in [0.05, 0.1) is 6.04 Å². The first-order valence-corrected chi connectivity index (χ1v) is 18.6. The lowest BCUT2D eigenvalue weighted by Gasteiger charge is -2.25. The van der Waals surface area contributed by atoms with Crippen LogP contribution in [-0.4, -0.2) is 74.8 Å². The summed E-state index contributed by atoms with van der Waals surface area (Å²) in [5.74, 6) is -3.22. The minimum absolute atomic E-state index is 0.0528. The van der Waals surface area contributed by atoms with E-state index in [1.54, 1.807) is 24.5 Å². The highest BCUT2D eigenvalue weighted by atomic mass is 16.3. The number of carbonyl (C=O) groups is 5. The highest BCUT2D eigenvalue weighted by Gasteiger charge is 2.31. The van der Waals surface area contributed by atoms with Crippen LogP contribution in [-0.2, 0) is 49.7 Å². The SMILES string of the molecule is C[C@H](NC(=O)[C@@H](Cc1c[nH]c2ccccc12)NC(=O)[C@@H](N)Cc1ccc(O)cc1)C(=O)N[C@H](Cc1c[nH]c2ccccc12)C(=O)N[C@@H](Cc1ccccc1)C(N)=O. The van der Waals surface area contributed by atoms with Crippen LogP contribution in [0.15, 0.2) is 116 Å². The zero-order valence-corrected chi connectivity index (χ0v) is 31.3. The van der Waals surface area contributed by atoms with Gasteiger partial charge in [0.15, 0.2) is 0 Å². The number of para-hydroxylation sites is 2. The summed E-state index contributed by atoms with van der Waals surface area (Å²) in [6, 6.07) is 24.9. The normalized spacial score (nSPS) is 13.9. The molecule has 0 saturated heterocycles. The number of carbonyl (C=O) groups excluding carboxylic acids is 5. The predicted octanol–water partition coefficient (Wildman–Crippen LogP) is 2.40. The molecule has 57 heavy (non-hydrogen) atoms. The molecular formula is C43H46N8O6. The molecule has 0 fully saturated rings. The van der Waals surface area contributed by atoms with E-state index in [0.29, 0.717) is 5.56 Å². The van der Waals surface area contributed by atoms with E-state index >= 15 is 0 Å². The highest BCUT2D eigenvalue weighted by molar-refractivity contribution is 5.96. The van der Waals surface area contributed by atoms with Gasteiger partial charge in [0.25, 0.3) is 0 Å². The fourth-order valence-electron chi connectivity index (χ4n) is 6.74. The van der Waals surface area contributed by atoms with Gasteiger partial charge in [-0.25, -0.2) is 0 Å². The fraction of sp³-hybridized carbons (Fsp3) is 0.233. The van der Waals surface area contributed by atoms with E-state index in [4.69, 9.17) is 11.5 Å². The van der Waals surface area contributed by atoms with Crippen molar-refractivity contribution in [2.45, 2.75) is 62.8 Å². The van der Waals surface area contributed by atoms with Crippen LogP contribution in [0.1, 0.15) is 29.2 Å². The highest BCUT2D eigenvalue weighted by Crippen LogP contribution is 2.21. The molecule has 294 valence electrons. The molecule has 6 rings (SSSR count). The Bertz CT molecular complexity index is 2360. The van der Waals surface area contributed by atoms with Crippen LogP contribution in [0.3, 0.4) is 0 Å². The summed E-state index contributed by atoms with van der Waals surface area (Å²) in [5.41, 5.74) is 16.7. The van der Waals surface area contributed by atoms with Crippen LogP contribution >= 0.6 is 0 Å². The Morgan fingerprint density at radius 2 is 1.04 bits per heavy atom. The maximum absolute atomic E-state index is 14.0. The third-order valence-corrected chi connectivity index (χ3v) is 9.89. The Morgan fingerprint density at radius 1 is 0.561 bits per heavy atom. The van der Waals surface area contributed by atoms with Crippen molar-refractivity contribution in [3.8, 4) is 5.75 Å². The standard InChI is InChI=1S/C43H46N8O6/c1-25(48-42(56)37(21-28-23-46-34-13-7-5-11-31(28)34)51-41(55)33(44)19-27-15-17-30(52)18-16-27)40(54)50-38(22-29-24-47-35-14-8-6-12-32(29)35)43(57)49-36(39(45)53)20-26-9-3-2-4-10-26/h2-18,23-25,33,36-38,46-47,52H,19-22,44H2,1H3,(H2,45,53)(H,48,56)(H,49,57)(H,50,54)(H,51,55)/t25-,33-,36-,37+,38+/m0/s1. The number of phenolic OH excluding ortho intramolecular Hbond substituents is 1. The quantitative estimate of drug-likeness (QED) is 0.0671. The number of phenols is 1. The molecule has 0 saturated carbocycles. The topological polar surface area (TPSA) is 237 Å². The number of hydrogen-bond acceptors (Lipinski definition) is 7.